The van der Waals surface area contributed by atoms with Crippen LogP contribution >= 0.6 is 0 Å². The number of aryl methyl sites for hydroxylation is 2. The van der Waals surface area contributed by atoms with Gasteiger partial charge in [0.15, 0.2) is 0 Å². The number of aromatic nitrogens is 2. The molecule has 43 heavy (non-hydrogen) atoms. The highest BCUT2D eigenvalue weighted by Crippen LogP contribution is 2.38. The van der Waals surface area contributed by atoms with E-state index < -0.39 is 0 Å². The Balaban J connectivity index is 1.38. The third-order valence-electron chi connectivity index (χ3n) is 8.97. The molecule has 0 atom stereocenters. The largest absolute Gasteiger partial charge is 0.381 e. The first kappa shape index (κ1) is 29.4. The number of aromatic amines is 1. The minimum Gasteiger partial charge on any atom is -0.381 e. The number of nitrogens with zero attached hydrogens (tertiary/aromatic N) is 3. The molecule has 2 aromatic heterocycles. The van der Waals surface area contributed by atoms with Gasteiger partial charge in [0.2, 0.25) is 0 Å². The van der Waals surface area contributed by atoms with Crippen LogP contribution in [0.25, 0.3) is 21.9 Å². The Morgan fingerprint density at radius 2 is 1.77 bits per heavy atom. The molecule has 0 aliphatic carbocycles. The highest BCUT2D eigenvalue weighted by Gasteiger charge is 2.24. The number of hydrogen-bond acceptors (Lipinski definition) is 7. The molecule has 4 aromatic rings. The van der Waals surface area contributed by atoms with Gasteiger partial charge in [0, 0.05) is 99.0 Å². The Kier molecular flexibility index (Phi) is 9.07. The number of piperazine rings is 1. The number of anilines is 2. The number of benzene rings is 2. The molecule has 2 aliphatic rings. The molecular weight excluding hydrogens is 536 g/mol. The molecule has 8 nitrogen and oxygen atoms in total. The molecule has 4 heterocycles. The van der Waals surface area contributed by atoms with E-state index in [-0.39, 0.29) is 5.56 Å². The summed E-state index contributed by atoms with van der Waals surface area (Å²) in [6, 6.07) is 18.2. The maximum Gasteiger partial charge on any atom is 0.253 e. The number of nitrogens with one attached hydrogen (secondary N) is 3. The average molecular weight is 581 g/mol. The number of hydrogen-bond donors (Lipinski definition) is 3. The maximum absolute atomic E-state index is 12.8. The van der Waals surface area contributed by atoms with E-state index in [4.69, 9.17) is 9.72 Å². The monoisotopic (exact) mass is 580 g/mol. The van der Waals surface area contributed by atoms with Crippen molar-refractivity contribution < 1.29 is 4.74 Å². The number of ether oxygens (including phenoxy) is 1. The number of pyridine rings is 2. The lowest BCUT2D eigenvalue weighted by Gasteiger charge is -2.36. The zero-order chi connectivity index (χ0) is 29.8. The van der Waals surface area contributed by atoms with Crippen LogP contribution in [0.5, 0.6) is 0 Å². The van der Waals surface area contributed by atoms with Gasteiger partial charge in [-0.15, -0.1) is 0 Å². The van der Waals surface area contributed by atoms with Crippen molar-refractivity contribution in [2.24, 2.45) is 0 Å². The minimum atomic E-state index is -0.0517. The Bertz CT molecular complexity index is 1600. The van der Waals surface area contributed by atoms with Crippen molar-refractivity contribution in [2.45, 2.75) is 52.7 Å². The highest BCUT2D eigenvalue weighted by molar-refractivity contribution is 6.03. The van der Waals surface area contributed by atoms with Gasteiger partial charge in [0.25, 0.3) is 5.56 Å². The molecule has 2 saturated heterocycles. The lowest BCUT2D eigenvalue weighted by Crippen LogP contribution is -2.42. The van der Waals surface area contributed by atoms with E-state index in [9.17, 15) is 4.79 Å². The van der Waals surface area contributed by atoms with E-state index >= 15 is 0 Å². The smallest absolute Gasteiger partial charge is 0.253 e. The topological polar surface area (TPSA) is 85.5 Å². The normalized spacial score (nSPS) is 16.4. The zero-order valence-corrected chi connectivity index (χ0v) is 25.7. The summed E-state index contributed by atoms with van der Waals surface area (Å²) < 4.78 is 5.71. The Morgan fingerprint density at radius 1 is 1.00 bits per heavy atom. The van der Waals surface area contributed by atoms with E-state index in [1.54, 1.807) is 0 Å². The van der Waals surface area contributed by atoms with E-state index in [2.05, 4.69) is 74.8 Å². The summed E-state index contributed by atoms with van der Waals surface area (Å²) in [6.07, 6.45) is 3.92. The molecule has 0 amide bonds. The summed E-state index contributed by atoms with van der Waals surface area (Å²) in [4.78, 5) is 25.5. The van der Waals surface area contributed by atoms with Gasteiger partial charge in [0.1, 0.15) is 5.82 Å². The molecule has 2 aromatic carbocycles. The first-order valence-corrected chi connectivity index (χ1v) is 15.7. The minimum absolute atomic E-state index is 0.0517. The molecule has 2 fully saturated rings. The molecule has 0 bridgehead atoms. The van der Waals surface area contributed by atoms with Crippen molar-refractivity contribution in [2.75, 3.05) is 56.2 Å². The number of fused-ring (bicyclic) bond motifs is 1. The third kappa shape index (κ3) is 6.61. The van der Waals surface area contributed by atoms with Crippen LogP contribution < -0.4 is 21.1 Å². The van der Waals surface area contributed by atoms with Crippen molar-refractivity contribution in [3.63, 3.8) is 0 Å². The van der Waals surface area contributed by atoms with E-state index in [0.29, 0.717) is 12.6 Å². The van der Waals surface area contributed by atoms with Crippen LogP contribution in [0.2, 0.25) is 0 Å². The van der Waals surface area contributed by atoms with Crippen molar-refractivity contribution in [3.05, 3.63) is 87.5 Å². The van der Waals surface area contributed by atoms with Gasteiger partial charge in [-0.3, -0.25) is 9.69 Å². The van der Waals surface area contributed by atoms with E-state index in [0.717, 1.165) is 93.3 Å². The van der Waals surface area contributed by atoms with Crippen molar-refractivity contribution in [1.82, 2.24) is 20.2 Å². The second-order valence-corrected chi connectivity index (χ2v) is 11.9. The molecule has 6 rings (SSSR count). The summed E-state index contributed by atoms with van der Waals surface area (Å²) >= 11 is 0. The van der Waals surface area contributed by atoms with Crippen LogP contribution in [-0.4, -0.2) is 66.8 Å². The molecule has 8 heteroatoms. The zero-order valence-electron chi connectivity index (χ0n) is 25.7. The predicted octanol–water partition coefficient (Wildman–Crippen LogP) is 5.23. The lowest BCUT2D eigenvalue weighted by molar-refractivity contribution is 0.0847. The van der Waals surface area contributed by atoms with E-state index in [1.807, 2.05) is 26.1 Å². The highest BCUT2D eigenvalue weighted by atomic mass is 16.5. The maximum atomic E-state index is 12.8. The van der Waals surface area contributed by atoms with E-state index in [1.165, 1.54) is 27.8 Å². The fourth-order valence-corrected chi connectivity index (χ4v) is 6.64. The molecule has 226 valence electrons. The van der Waals surface area contributed by atoms with Gasteiger partial charge in [-0.1, -0.05) is 24.3 Å². The first-order chi connectivity index (χ1) is 21.0. The molecule has 3 N–H and O–H groups in total. The van der Waals surface area contributed by atoms with Gasteiger partial charge in [-0.05, 0) is 80.1 Å². The summed E-state index contributed by atoms with van der Waals surface area (Å²) in [7, 11) is 0. The second-order valence-electron chi connectivity index (χ2n) is 11.9. The van der Waals surface area contributed by atoms with Crippen LogP contribution in [0.1, 0.15) is 42.1 Å². The second kappa shape index (κ2) is 13.3. The van der Waals surface area contributed by atoms with Gasteiger partial charge in [0.05, 0.1) is 0 Å². The quantitative estimate of drug-likeness (QED) is 0.250. The molecule has 2 aliphatic heterocycles. The Morgan fingerprint density at radius 3 is 2.49 bits per heavy atom. The average Bonchev–Trinajstić information content (AvgIpc) is 3.02. The fraction of sp³-hybridized carbons (Fsp3) is 0.429. The Labute approximate surface area is 254 Å². The van der Waals surface area contributed by atoms with Gasteiger partial charge < -0.3 is 25.3 Å². The van der Waals surface area contributed by atoms with Gasteiger partial charge in [-0.2, -0.15) is 0 Å². The van der Waals surface area contributed by atoms with Crippen LogP contribution in [0.4, 0.5) is 11.5 Å². The third-order valence-corrected chi connectivity index (χ3v) is 8.97. The van der Waals surface area contributed by atoms with Gasteiger partial charge >= 0.3 is 0 Å². The fourth-order valence-electron chi connectivity index (χ4n) is 6.64. The van der Waals surface area contributed by atoms with Crippen LogP contribution in [0.15, 0.2) is 59.5 Å². The van der Waals surface area contributed by atoms with Crippen LogP contribution in [-0.2, 0) is 17.8 Å². The van der Waals surface area contributed by atoms with Crippen LogP contribution in [0.3, 0.4) is 0 Å². The first-order valence-electron chi connectivity index (χ1n) is 15.7. The molecule has 0 radical (unpaired) electrons. The molecule has 0 saturated carbocycles. The summed E-state index contributed by atoms with van der Waals surface area (Å²) in [5.74, 6) is 0.790. The predicted molar refractivity (Wildman–Crippen MR) is 176 cm³/mol. The van der Waals surface area contributed by atoms with Crippen molar-refractivity contribution in [3.8, 4) is 11.1 Å². The van der Waals surface area contributed by atoms with Gasteiger partial charge in [-0.25, -0.2) is 4.98 Å². The molecule has 0 unspecified atom stereocenters. The standard InChI is InChI=1S/C35H44N6O2/c1-4-41(29-10-17-43-18-11-29)33-21-28(27-7-5-26(6-8-27)23-40-15-13-36-14-16-40)20-31-30(33)9-12-37-34(31)38-22-32-24(2)19-25(3)39-35(32)42/h5-9,12,19-21,29,36H,4,10-11,13-18,22-23H2,1-3H3,(H,37,38)(H,39,42). The van der Waals surface area contributed by atoms with Crippen LogP contribution in [0, 0.1) is 13.8 Å². The summed E-state index contributed by atoms with van der Waals surface area (Å²) in [5, 5.41) is 9.19. The SMILES string of the molecule is CCN(c1cc(-c2ccc(CN3CCNCC3)cc2)cc2c(NCc3c(C)cc(C)[nH]c3=O)nccc12)C1CCOCC1. The summed E-state index contributed by atoms with van der Waals surface area (Å²) in [6.45, 7) is 14.3. The van der Waals surface area contributed by atoms with Crippen molar-refractivity contribution >= 4 is 22.3 Å². The summed E-state index contributed by atoms with van der Waals surface area (Å²) in [5.41, 5.74) is 7.46. The number of rotatable bonds is 9. The Hall–Kier alpha value is -3.72. The molecular formula is C35H44N6O2. The lowest BCUT2D eigenvalue weighted by atomic mass is 9.97. The number of H-pyrrole nitrogens is 1. The van der Waals surface area contributed by atoms with Crippen molar-refractivity contribution in [1.29, 1.82) is 0 Å². The molecule has 0 spiro atoms.